The SMILES string of the molecule is Fc1ccc([C@@H]2Cc3cnc(Nc4ccc(CCI)cc4)nc3-c3ccccc32)cc1F. The van der Waals surface area contributed by atoms with Gasteiger partial charge in [0.15, 0.2) is 11.6 Å². The van der Waals surface area contributed by atoms with E-state index in [4.69, 9.17) is 4.98 Å². The molecule has 0 saturated heterocycles. The van der Waals surface area contributed by atoms with E-state index in [1.807, 2.05) is 42.6 Å². The molecule has 0 amide bonds. The lowest BCUT2D eigenvalue weighted by Crippen LogP contribution is -2.15. The third-order valence-corrected chi connectivity index (χ3v) is 6.36. The summed E-state index contributed by atoms with van der Waals surface area (Å²) >= 11 is 2.38. The molecule has 160 valence electrons. The molecule has 0 saturated carbocycles. The second-order valence-electron chi connectivity index (χ2n) is 7.85. The number of alkyl halides is 1. The van der Waals surface area contributed by atoms with Gasteiger partial charge in [-0.25, -0.2) is 18.7 Å². The minimum absolute atomic E-state index is 0.0818. The quantitative estimate of drug-likeness (QED) is 0.223. The second-order valence-corrected chi connectivity index (χ2v) is 8.92. The fourth-order valence-corrected chi connectivity index (χ4v) is 4.84. The molecule has 0 radical (unpaired) electrons. The Bertz CT molecular complexity index is 1270. The number of nitrogens with one attached hydrogen (secondary N) is 1. The number of anilines is 2. The Hall–Kier alpha value is -2.87. The van der Waals surface area contributed by atoms with Crippen LogP contribution in [0.4, 0.5) is 20.4 Å². The van der Waals surface area contributed by atoms with Crippen LogP contribution in [0.2, 0.25) is 0 Å². The maximum Gasteiger partial charge on any atom is 0.227 e. The third-order valence-electron chi connectivity index (χ3n) is 5.82. The van der Waals surface area contributed by atoms with Crippen molar-refractivity contribution in [2.45, 2.75) is 18.8 Å². The summed E-state index contributed by atoms with van der Waals surface area (Å²) in [7, 11) is 0. The first-order chi connectivity index (χ1) is 15.6. The van der Waals surface area contributed by atoms with Gasteiger partial charge in [-0.1, -0.05) is 65.1 Å². The van der Waals surface area contributed by atoms with E-state index in [2.05, 4.69) is 45.0 Å². The fraction of sp³-hybridized carbons (Fsp3) is 0.154. The summed E-state index contributed by atoms with van der Waals surface area (Å²) in [6.45, 7) is 0. The van der Waals surface area contributed by atoms with E-state index >= 15 is 0 Å². The molecule has 0 unspecified atom stereocenters. The number of rotatable bonds is 5. The van der Waals surface area contributed by atoms with Gasteiger partial charge in [-0.15, -0.1) is 0 Å². The first-order valence-electron chi connectivity index (χ1n) is 10.4. The summed E-state index contributed by atoms with van der Waals surface area (Å²) < 4.78 is 28.5. The average Bonchev–Trinajstić information content (AvgIpc) is 2.82. The molecule has 0 spiro atoms. The summed E-state index contributed by atoms with van der Waals surface area (Å²) in [5.41, 5.74) is 6.89. The lowest BCUT2D eigenvalue weighted by molar-refractivity contribution is 0.506. The third kappa shape index (κ3) is 4.11. The van der Waals surface area contributed by atoms with Crippen molar-refractivity contribution in [2.24, 2.45) is 0 Å². The lowest BCUT2D eigenvalue weighted by Gasteiger charge is -2.27. The molecule has 1 heterocycles. The molecule has 4 aromatic rings. The number of aromatic nitrogens is 2. The van der Waals surface area contributed by atoms with Crippen molar-refractivity contribution in [1.82, 2.24) is 9.97 Å². The maximum absolute atomic E-state index is 13.9. The van der Waals surface area contributed by atoms with Gasteiger partial charge in [0.2, 0.25) is 5.95 Å². The van der Waals surface area contributed by atoms with Gasteiger partial charge in [-0.05, 0) is 59.4 Å². The van der Waals surface area contributed by atoms with Crippen LogP contribution in [0.25, 0.3) is 11.3 Å². The molecule has 1 aromatic heterocycles. The minimum Gasteiger partial charge on any atom is -0.324 e. The highest BCUT2D eigenvalue weighted by Crippen LogP contribution is 2.42. The van der Waals surface area contributed by atoms with Gasteiger partial charge >= 0.3 is 0 Å². The van der Waals surface area contributed by atoms with E-state index in [-0.39, 0.29) is 5.92 Å². The van der Waals surface area contributed by atoms with Crippen molar-refractivity contribution in [3.05, 3.63) is 107 Å². The van der Waals surface area contributed by atoms with Crippen molar-refractivity contribution in [1.29, 1.82) is 0 Å². The van der Waals surface area contributed by atoms with Crippen LogP contribution in [0.5, 0.6) is 0 Å². The normalized spacial score (nSPS) is 14.5. The molecule has 6 heteroatoms. The smallest absolute Gasteiger partial charge is 0.227 e. The van der Waals surface area contributed by atoms with Gasteiger partial charge in [0, 0.05) is 27.8 Å². The number of hydrogen-bond acceptors (Lipinski definition) is 3. The van der Waals surface area contributed by atoms with Gasteiger partial charge in [0.1, 0.15) is 0 Å². The summed E-state index contributed by atoms with van der Waals surface area (Å²) in [5, 5.41) is 3.30. The molecule has 1 aliphatic rings. The molecule has 0 bridgehead atoms. The van der Waals surface area contributed by atoms with Gasteiger partial charge in [-0.2, -0.15) is 0 Å². The Morgan fingerprint density at radius 2 is 1.78 bits per heavy atom. The minimum atomic E-state index is -0.834. The molecule has 5 rings (SSSR count). The van der Waals surface area contributed by atoms with E-state index in [9.17, 15) is 8.78 Å². The van der Waals surface area contributed by atoms with Gasteiger partial charge in [-0.3, -0.25) is 0 Å². The molecule has 1 atom stereocenters. The monoisotopic (exact) mass is 539 g/mol. The first kappa shape index (κ1) is 21.0. The predicted octanol–water partition coefficient (Wildman–Crippen LogP) is 6.83. The molecular formula is C26H20F2IN3. The van der Waals surface area contributed by atoms with Crippen molar-refractivity contribution in [3.63, 3.8) is 0 Å². The van der Waals surface area contributed by atoms with Crippen LogP contribution < -0.4 is 5.32 Å². The molecule has 0 aliphatic heterocycles. The zero-order chi connectivity index (χ0) is 22.1. The molecule has 0 fully saturated rings. The molecule has 3 aromatic carbocycles. The molecular weight excluding hydrogens is 519 g/mol. The van der Waals surface area contributed by atoms with E-state index < -0.39 is 11.6 Å². The van der Waals surface area contributed by atoms with Gasteiger partial charge in [0.05, 0.1) is 5.69 Å². The van der Waals surface area contributed by atoms with Crippen LogP contribution in [-0.2, 0) is 12.8 Å². The van der Waals surface area contributed by atoms with E-state index in [0.29, 0.717) is 12.4 Å². The average molecular weight is 539 g/mol. The number of benzene rings is 3. The van der Waals surface area contributed by atoms with E-state index in [1.54, 1.807) is 6.07 Å². The zero-order valence-corrected chi connectivity index (χ0v) is 19.3. The Labute approximate surface area is 199 Å². The molecule has 1 aliphatic carbocycles. The van der Waals surface area contributed by atoms with Crippen LogP contribution in [-0.4, -0.2) is 14.4 Å². The van der Waals surface area contributed by atoms with Crippen molar-refractivity contribution < 1.29 is 8.78 Å². The summed E-state index contributed by atoms with van der Waals surface area (Å²) in [6, 6.07) is 20.4. The Balaban J connectivity index is 1.48. The summed E-state index contributed by atoms with van der Waals surface area (Å²) in [4.78, 5) is 9.33. The highest BCUT2D eigenvalue weighted by molar-refractivity contribution is 14.1. The first-order valence-corrected chi connectivity index (χ1v) is 12.0. The number of halogens is 3. The van der Waals surface area contributed by atoms with Crippen LogP contribution in [0.1, 0.15) is 28.2 Å². The summed E-state index contributed by atoms with van der Waals surface area (Å²) in [5.74, 6) is -1.21. The topological polar surface area (TPSA) is 37.8 Å². The number of aryl methyl sites for hydroxylation is 1. The highest BCUT2D eigenvalue weighted by atomic mass is 127. The molecule has 1 N–H and O–H groups in total. The van der Waals surface area contributed by atoms with Crippen LogP contribution in [0, 0.1) is 11.6 Å². The Morgan fingerprint density at radius 3 is 2.56 bits per heavy atom. The lowest BCUT2D eigenvalue weighted by atomic mass is 9.78. The van der Waals surface area contributed by atoms with Crippen LogP contribution in [0.3, 0.4) is 0 Å². The van der Waals surface area contributed by atoms with Crippen molar-refractivity contribution in [2.75, 3.05) is 9.74 Å². The van der Waals surface area contributed by atoms with Crippen molar-refractivity contribution in [3.8, 4) is 11.3 Å². The van der Waals surface area contributed by atoms with Gasteiger partial charge in [0.25, 0.3) is 0 Å². The van der Waals surface area contributed by atoms with Gasteiger partial charge < -0.3 is 5.32 Å². The number of fused-ring (bicyclic) bond motifs is 3. The standard InChI is InChI=1S/C26H20F2IN3/c27-23-10-7-17(14-24(23)28)22-13-18-15-30-26(31-19-8-5-16(6-9-19)11-12-29)32-25(18)21-4-2-1-3-20(21)22/h1-10,14-15,22H,11-13H2,(H,30,31,32)/t22-/m0/s1. The molecule has 32 heavy (non-hydrogen) atoms. The fourth-order valence-electron chi connectivity index (χ4n) is 4.22. The number of hydrogen-bond donors (Lipinski definition) is 1. The predicted molar refractivity (Wildman–Crippen MR) is 132 cm³/mol. The Morgan fingerprint density at radius 1 is 0.969 bits per heavy atom. The van der Waals surface area contributed by atoms with Crippen LogP contribution in [0.15, 0.2) is 72.9 Å². The van der Waals surface area contributed by atoms with E-state index in [0.717, 1.165) is 44.5 Å². The summed E-state index contributed by atoms with van der Waals surface area (Å²) in [6.07, 6.45) is 3.51. The Kier molecular flexibility index (Phi) is 5.87. The largest absolute Gasteiger partial charge is 0.324 e. The van der Waals surface area contributed by atoms with Crippen molar-refractivity contribution >= 4 is 34.2 Å². The number of nitrogens with zero attached hydrogens (tertiary/aromatic N) is 2. The second kappa shape index (κ2) is 8.94. The zero-order valence-electron chi connectivity index (χ0n) is 17.2. The van der Waals surface area contributed by atoms with Crippen LogP contribution >= 0.6 is 22.6 Å². The highest BCUT2D eigenvalue weighted by Gasteiger charge is 2.28. The maximum atomic E-state index is 13.9. The molecule has 3 nitrogen and oxygen atoms in total. The van der Waals surface area contributed by atoms with E-state index in [1.165, 1.54) is 17.7 Å².